The van der Waals surface area contributed by atoms with Crippen LogP contribution >= 0.6 is 0 Å². The molecule has 0 bridgehead atoms. The SMILES string of the molecule is CC(C)(c1ccccc1)c1cc(-c2cc3c(cn2)oc2ccc4ccccc4c23)cc(-c2cccc3c2nc(-c2ccccc2O)n3-c2ccccc2)c1. The van der Waals surface area contributed by atoms with Gasteiger partial charge in [0.05, 0.1) is 28.5 Å². The highest BCUT2D eigenvalue weighted by molar-refractivity contribution is 6.19. The van der Waals surface area contributed by atoms with Gasteiger partial charge in [0.1, 0.15) is 17.2 Å². The smallest absolute Gasteiger partial charge is 0.153 e. The number of phenolic OH excluding ortho intramolecular Hbond substituents is 1. The lowest BCUT2D eigenvalue weighted by Crippen LogP contribution is -2.19. The second-order valence-corrected chi connectivity index (χ2v) is 14.4. The first kappa shape index (κ1) is 31.7. The molecule has 5 nitrogen and oxygen atoms in total. The van der Waals surface area contributed by atoms with Crippen LogP contribution in [0.4, 0.5) is 0 Å². The van der Waals surface area contributed by atoms with E-state index in [4.69, 9.17) is 14.4 Å². The van der Waals surface area contributed by atoms with Crippen LogP contribution < -0.4 is 0 Å². The van der Waals surface area contributed by atoms with Crippen LogP contribution in [0.1, 0.15) is 25.0 Å². The molecule has 3 aromatic heterocycles. The summed E-state index contributed by atoms with van der Waals surface area (Å²) >= 11 is 0. The second-order valence-electron chi connectivity index (χ2n) is 14.4. The fourth-order valence-corrected chi connectivity index (χ4v) is 7.94. The van der Waals surface area contributed by atoms with E-state index in [2.05, 4.69) is 140 Å². The van der Waals surface area contributed by atoms with Gasteiger partial charge in [-0.05, 0) is 82.1 Å². The zero-order valence-corrected chi connectivity index (χ0v) is 29.9. The molecule has 0 saturated carbocycles. The molecule has 258 valence electrons. The van der Waals surface area contributed by atoms with Crippen molar-refractivity contribution in [1.82, 2.24) is 14.5 Å². The van der Waals surface area contributed by atoms with Crippen molar-refractivity contribution in [2.45, 2.75) is 19.3 Å². The number of rotatable bonds is 6. The molecule has 0 atom stereocenters. The Morgan fingerprint density at radius 2 is 1.31 bits per heavy atom. The first-order chi connectivity index (χ1) is 26.4. The topological polar surface area (TPSA) is 64.1 Å². The molecular formula is C49H35N3O2. The molecule has 0 saturated heterocycles. The highest BCUT2D eigenvalue weighted by Gasteiger charge is 2.26. The molecule has 0 unspecified atom stereocenters. The number of hydrogen-bond donors (Lipinski definition) is 1. The molecule has 0 aliphatic heterocycles. The third-order valence-electron chi connectivity index (χ3n) is 10.8. The zero-order chi connectivity index (χ0) is 36.4. The number of aromatic nitrogens is 3. The van der Waals surface area contributed by atoms with Crippen LogP contribution in [-0.2, 0) is 5.41 Å². The summed E-state index contributed by atoms with van der Waals surface area (Å²) in [6.45, 7) is 4.55. The Bertz CT molecular complexity index is 3030. The lowest BCUT2D eigenvalue weighted by atomic mass is 9.76. The molecule has 5 heteroatoms. The Balaban J connectivity index is 1.24. The fourth-order valence-electron chi connectivity index (χ4n) is 7.94. The van der Waals surface area contributed by atoms with Gasteiger partial charge in [0, 0.05) is 33.0 Å². The number of imidazole rings is 1. The van der Waals surface area contributed by atoms with Crippen LogP contribution in [0.15, 0.2) is 174 Å². The van der Waals surface area contributed by atoms with Crippen LogP contribution in [0.5, 0.6) is 5.75 Å². The van der Waals surface area contributed by atoms with Crippen LogP contribution in [0, 0.1) is 0 Å². The number of aromatic hydroxyl groups is 1. The molecule has 54 heavy (non-hydrogen) atoms. The van der Waals surface area contributed by atoms with Crippen molar-refractivity contribution < 1.29 is 9.52 Å². The lowest BCUT2D eigenvalue weighted by molar-refractivity contribution is 0.477. The number of para-hydroxylation sites is 3. The minimum atomic E-state index is -0.326. The molecule has 0 aliphatic carbocycles. The third kappa shape index (κ3) is 5.08. The average molecular weight is 698 g/mol. The van der Waals surface area contributed by atoms with Gasteiger partial charge >= 0.3 is 0 Å². The van der Waals surface area contributed by atoms with E-state index in [1.165, 1.54) is 10.9 Å². The standard InChI is InChI=1S/C49H35N3O2/c1-49(2,34-15-5-3-6-16-34)35-27-32(26-33(28-35)41-29-40-45(30-50-41)54-44-25-24-31-14-9-10-19-37(31)46(40)44)38-21-13-22-42-47(38)51-48(39-20-11-12-23-43(39)53)52(42)36-17-7-4-8-18-36/h3-30,53H,1-2H3. The monoisotopic (exact) mass is 697 g/mol. The number of fused-ring (bicyclic) bond motifs is 6. The van der Waals surface area contributed by atoms with E-state index in [0.29, 0.717) is 11.4 Å². The van der Waals surface area contributed by atoms with E-state index >= 15 is 0 Å². The molecule has 0 amide bonds. The highest BCUT2D eigenvalue weighted by Crippen LogP contribution is 2.42. The number of benzene rings is 7. The van der Waals surface area contributed by atoms with E-state index in [1.54, 1.807) is 6.07 Å². The van der Waals surface area contributed by atoms with E-state index in [-0.39, 0.29) is 11.2 Å². The molecule has 7 aromatic carbocycles. The van der Waals surface area contributed by atoms with E-state index in [0.717, 1.165) is 72.0 Å². The predicted molar refractivity (Wildman–Crippen MR) is 220 cm³/mol. The normalized spacial score (nSPS) is 12.0. The number of furan rings is 1. The zero-order valence-electron chi connectivity index (χ0n) is 29.9. The summed E-state index contributed by atoms with van der Waals surface area (Å²) in [6.07, 6.45) is 1.86. The van der Waals surface area contributed by atoms with Crippen molar-refractivity contribution in [3.05, 3.63) is 181 Å². The van der Waals surface area contributed by atoms with Crippen molar-refractivity contribution in [1.29, 1.82) is 0 Å². The average Bonchev–Trinajstić information content (AvgIpc) is 3.80. The maximum absolute atomic E-state index is 11.1. The number of nitrogens with zero attached hydrogens (tertiary/aromatic N) is 3. The summed E-state index contributed by atoms with van der Waals surface area (Å²) in [5.41, 5.74) is 11.0. The predicted octanol–water partition coefficient (Wildman–Crippen LogP) is 12.5. The summed E-state index contributed by atoms with van der Waals surface area (Å²) in [5, 5.41) is 15.5. The molecule has 0 radical (unpaired) electrons. The summed E-state index contributed by atoms with van der Waals surface area (Å²) in [6, 6.07) is 56.2. The Morgan fingerprint density at radius 3 is 2.15 bits per heavy atom. The summed E-state index contributed by atoms with van der Waals surface area (Å²) < 4.78 is 8.47. The molecule has 1 N–H and O–H groups in total. The van der Waals surface area contributed by atoms with Crippen molar-refractivity contribution in [2.24, 2.45) is 0 Å². The number of pyridine rings is 1. The van der Waals surface area contributed by atoms with Gasteiger partial charge < -0.3 is 9.52 Å². The quantitative estimate of drug-likeness (QED) is 0.188. The maximum atomic E-state index is 11.1. The molecule has 10 rings (SSSR count). The Kier molecular flexibility index (Phi) is 7.24. The van der Waals surface area contributed by atoms with Crippen molar-refractivity contribution >= 4 is 43.7 Å². The molecule has 0 spiro atoms. The first-order valence-electron chi connectivity index (χ1n) is 18.2. The Labute approximate surface area is 312 Å². The first-order valence-corrected chi connectivity index (χ1v) is 18.2. The molecular weight excluding hydrogens is 663 g/mol. The number of hydrogen-bond acceptors (Lipinski definition) is 4. The summed E-state index contributed by atoms with van der Waals surface area (Å²) in [5.74, 6) is 0.857. The van der Waals surface area contributed by atoms with Gasteiger partial charge in [-0.1, -0.05) is 123 Å². The highest BCUT2D eigenvalue weighted by atomic mass is 16.3. The van der Waals surface area contributed by atoms with E-state index in [1.807, 2.05) is 42.6 Å². The summed E-state index contributed by atoms with van der Waals surface area (Å²) in [4.78, 5) is 10.3. The van der Waals surface area contributed by atoms with E-state index in [9.17, 15) is 5.11 Å². The molecule has 10 aromatic rings. The van der Waals surface area contributed by atoms with Gasteiger partial charge in [-0.25, -0.2) is 4.98 Å². The van der Waals surface area contributed by atoms with Crippen LogP contribution in [0.3, 0.4) is 0 Å². The lowest BCUT2D eigenvalue weighted by Gasteiger charge is -2.27. The van der Waals surface area contributed by atoms with Gasteiger partial charge in [-0.2, -0.15) is 0 Å². The minimum Gasteiger partial charge on any atom is -0.507 e. The van der Waals surface area contributed by atoms with E-state index < -0.39 is 0 Å². The number of phenols is 1. The van der Waals surface area contributed by atoms with Gasteiger partial charge in [0.25, 0.3) is 0 Å². The van der Waals surface area contributed by atoms with Crippen molar-refractivity contribution in [2.75, 3.05) is 0 Å². The largest absolute Gasteiger partial charge is 0.507 e. The van der Waals surface area contributed by atoms with Crippen LogP contribution in [-0.4, -0.2) is 19.6 Å². The van der Waals surface area contributed by atoms with Crippen molar-refractivity contribution in [3.8, 4) is 45.2 Å². The van der Waals surface area contributed by atoms with Gasteiger partial charge in [0.15, 0.2) is 5.58 Å². The second kappa shape index (κ2) is 12.3. The Morgan fingerprint density at radius 1 is 0.593 bits per heavy atom. The van der Waals surface area contributed by atoms with Gasteiger partial charge in [-0.15, -0.1) is 0 Å². The minimum absolute atomic E-state index is 0.182. The fraction of sp³-hybridized carbons (Fsp3) is 0.0612. The van der Waals surface area contributed by atoms with Crippen LogP contribution in [0.2, 0.25) is 0 Å². The van der Waals surface area contributed by atoms with Crippen molar-refractivity contribution in [3.63, 3.8) is 0 Å². The molecule has 0 fully saturated rings. The maximum Gasteiger partial charge on any atom is 0.153 e. The summed E-state index contributed by atoms with van der Waals surface area (Å²) in [7, 11) is 0. The van der Waals surface area contributed by atoms with Gasteiger partial charge in [-0.3, -0.25) is 9.55 Å². The third-order valence-corrected chi connectivity index (χ3v) is 10.8. The Hall–Kier alpha value is -6.98. The molecule has 0 aliphatic rings. The molecule has 3 heterocycles. The van der Waals surface area contributed by atoms with Crippen LogP contribution in [0.25, 0.3) is 83.2 Å². The van der Waals surface area contributed by atoms with Gasteiger partial charge in [0.2, 0.25) is 0 Å².